The molecule has 1 heterocycles. The summed E-state index contributed by atoms with van der Waals surface area (Å²) in [4.78, 5) is 0. The minimum absolute atomic E-state index is 0.0288. The first-order valence-corrected chi connectivity index (χ1v) is 6.70. The van der Waals surface area contributed by atoms with Crippen molar-refractivity contribution in [2.24, 2.45) is 4.40 Å². The number of nitrogens with one attached hydrogen (secondary N) is 1. The van der Waals surface area contributed by atoms with E-state index in [2.05, 4.69) is 40.2 Å². The van der Waals surface area contributed by atoms with Gasteiger partial charge in [-0.2, -0.15) is 4.28 Å². The zero-order chi connectivity index (χ0) is 12.5. The van der Waals surface area contributed by atoms with Crippen LogP contribution in [0, 0.1) is 0 Å². The van der Waals surface area contributed by atoms with Crippen LogP contribution in [0.5, 0.6) is 0 Å². The highest BCUT2D eigenvalue weighted by Crippen LogP contribution is 2.23. The Morgan fingerprint density at radius 1 is 1.22 bits per heavy atom. The maximum Gasteiger partial charge on any atom is 0.309 e. The lowest BCUT2D eigenvalue weighted by Crippen LogP contribution is -2.22. The Morgan fingerprint density at radius 2 is 2.00 bits per heavy atom. The van der Waals surface area contributed by atoms with Crippen molar-refractivity contribution < 1.29 is 8.49 Å². The maximum absolute atomic E-state index is 11.0. The number of amidine groups is 1. The molecule has 2 atom stereocenters. The van der Waals surface area contributed by atoms with Crippen LogP contribution in [0.25, 0.3) is 10.8 Å². The molecule has 0 aromatic heterocycles. The number of nitrogens with zero attached hydrogens (tertiary/aromatic N) is 1. The second-order valence-corrected chi connectivity index (χ2v) is 4.99. The molecule has 0 spiro atoms. The van der Waals surface area contributed by atoms with Gasteiger partial charge in [-0.1, -0.05) is 49.4 Å². The highest BCUT2D eigenvalue weighted by atomic mass is 32.2. The summed E-state index contributed by atoms with van der Waals surface area (Å²) in [6.07, 6.45) is 0. The monoisotopic (exact) mass is 260 g/mol. The molecule has 0 fully saturated rings. The van der Waals surface area contributed by atoms with Gasteiger partial charge in [-0.15, -0.1) is 4.40 Å². The lowest BCUT2D eigenvalue weighted by Gasteiger charge is -2.11. The van der Waals surface area contributed by atoms with Gasteiger partial charge in [0, 0.05) is 5.92 Å². The fraction of sp³-hybridized carbons (Fsp3) is 0.154. The normalized spacial score (nSPS) is 20.5. The van der Waals surface area contributed by atoms with E-state index in [1.54, 1.807) is 0 Å². The van der Waals surface area contributed by atoms with Gasteiger partial charge in [0.1, 0.15) is 5.84 Å². The quantitative estimate of drug-likeness (QED) is 0.902. The van der Waals surface area contributed by atoms with Gasteiger partial charge in [0.15, 0.2) is 0 Å². The molecule has 0 aliphatic carbocycles. The van der Waals surface area contributed by atoms with E-state index in [9.17, 15) is 4.21 Å². The Hall–Kier alpha value is -1.72. The Labute approximate surface area is 107 Å². The van der Waals surface area contributed by atoms with Crippen LogP contribution in [0.2, 0.25) is 0 Å². The third kappa shape index (κ3) is 2.02. The molecule has 2 unspecified atom stereocenters. The summed E-state index contributed by atoms with van der Waals surface area (Å²) in [6.45, 7) is 2.00. The molecule has 0 saturated heterocycles. The standard InChI is InChI=1S/C13H12N2O2S/c1-9(13-14-17-18(16)15-13)11-7-6-10-4-2-3-5-12(10)8-11/h2-9H,1H3,(H,14,15). The summed E-state index contributed by atoms with van der Waals surface area (Å²) >= 11 is -1.60. The number of benzene rings is 2. The smallest absolute Gasteiger partial charge is 0.234 e. The Balaban J connectivity index is 1.99. The Bertz CT molecular complexity index is 654. The SMILES string of the molecule is CC(C1=NS(=O)ON1)c1ccc2ccccc2c1. The second kappa shape index (κ2) is 4.51. The van der Waals surface area contributed by atoms with Crippen molar-refractivity contribution in [1.29, 1.82) is 0 Å². The molecule has 0 bridgehead atoms. The van der Waals surface area contributed by atoms with Crippen molar-refractivity contribution in [3.8, 4) is 0 Å². The zero-order valence-electron chi connectivity index (χ0n) is 9.79. The van der Waals surface area contributed by atoms with Crippen LogP contribution in [0.15, 0.2) is 46.9 Å². The second-order valence-electron chi connectivity index (χ2n) is 4.21. The zero-order valence-corrected chi connectivity index (χ0v) is 10.6. The van der Waals surface area contributed by atoms with Gasteiger partial charge >= 0.3 is 11.3 Å². The predicted octanol–water partition coefficient (Wildman–Crippen LogP) is 2.46. The van der Waals surface area contributed by atoms with Crippen molar-refractivity contribution in [3.05, 3.63) is 48.0 Å². The molecule has 3 rings (SSSR count). The number of hydroxylamine groups is 1. The Morgan fingerprint density at radius 3 is 2.72 bits per heavy atom. The lowest BCUT2D eigenvalue weighted by molar-refractivity contribution is 0.301. The minimum Gasteiger partial charge on any atom is -0.234 e. The van der Waals surface area contributed by atoms with Gasteiger partial charge in [-0.3, -0.25) is 0 Å². The van der Waals surface area contributed by atoms with Crippen molar-refractivity contribution >= 4 is 27.9 Å². The predicted molar refractivity (Wildman–Crippen MR) is 72.2 cm³/mol. The molecule has 1 aliphatic rings. The summed E-state index contributed by atoms with van der Waals surface area (Å²) in [5.74, 6) is 0.629. The number of rotatable bonds is 2. The summed E-state index contributed by atoms with van der Waals surface area (Å²) in [6, 6.07) is 14.4. The summed E-state index contributed by atoms with van der Waals surface area (Å²) < 4.78 is 19.7. The van der Waals surface area contributed by atoms with Crippen molar-refractivity contribution in [3.63, 3.8) is 0 Å². The molecular formula is C13H12N2O2S. The van der Waals surface area contributed by atoms with Crippen LogP contribution >= 0.6 is 0 Å². The maximum atomic E-state index is 11.0. The average molecular weight is 260 g/mol. The van der Waals surface area contributed by atoms with Gasteiger partial charge < -0.3 is 0 Å². The molecular weight excluding hydrogens is 248 g/mol. The van der Waals surface area contributed by atoms with Gasteiger partial charge in [0.05, 0.1) is 0 Å². The first-order valence-electron chi connectivity index (χ1n) is 5.66. The Kier molecular flexibility index (Phi) is 2.85. The van der Waals surface area contributed by atoms with Gasteiger partial charge in [-0.25, -0.2) is 9.69 Å². The third-order valence-corrected chi connectivity index (χ3v) is 3.65. The number of hydrogen-bond donors (Lipinski definition) is 1. The van der Waals surface area contributed by atoms with Crippen LogP contribution in [0.1, 0.15) is 18.4 Å². The van der Waals surface area contributed by atoms with Crippen LogP contribution in [0.3, 0.4) is 0 Å². The molecule has 0 amide bonds. The lowest BCUT2D eigenvalue weighted by atomic mass is 9.97. The molecule has 92 valence electrons. The first-order chi connectivity index (χ1) is 8.74. The molecule has 5 heteroatoms. The third-order valence-electron chi connectivity index (χ3n) is 3.07. The van der Waals surface area contributed by atoms with Crippen LogP contribution in [-0.2, 0) is 15.6 Å². The molecule has 4 nitrogen and oxygen atoms in total. The number of hydrogen-bond acceptors (Lipinski definition) is 3. The number of fused-ring (bicyclic) bond motifs is 1. The van der Waals surface area contributed by atoms with Gasteiger partial charge in [-0.05, 0) is 16.3 Å². The van der Waals surface area contributed by atoms with E-state index >= 15 is 0 Å². The van der Waals surface area contributed by atoms with E-state index in [0.29, 0.717) is 5.84 Å². The summed E-state index contributed by atoms with van der Waals surface area (Å²) in [5.41, 5.74) is 3.72. The van der Waals surface area contributed by atoms with Gasteiger partial charge in [0.2, 0.25) is 0 Å². The van der Waals surface area contributed by atoms with Crippen LogP contribution in [0.4, 0.5) is 0 Å². The topological polar surface area (TPSA) is 50.7 Å². The average Bonchev–Trinajstić information content (AvgIpc) is 2.84. The molecule has 0 saturated carbocycles. The van der Waals surface area contributed by atoms with E-state index in [-0.39, 0.29) is 5.92 Å². The molecule has 1 aliphatic heterocycles. The molecule has 2 aromatic carbocycles. The van der Waals surface area contributed by atoms with Crippen molar-refractivity contribution in [2.45, 2.75) is 12.8 Å². The molecule has 1 N–H and O–H groups in total. The van der Waals surface area contributed by atoms with Crippen molar-refractivity contribution in [1.82, 2.24) is 5.48 Å². The van der Waals surface area contributed by atoms with Crippen LogP contribution in [-0.4, -0.2) is 10.0 Å². The molecule has 0 radical (unpaired) electrons. The van der Waals surface area contributed by atoms with Gasteiger partial charge in [0.25, 0.3) is 0 Å². The van der Waals surface area contributed by atoms with E-state index in [1.807, 2.05) is 19.1 Å². The van der Waals surface area contributed by atoms with E-state index < -0.39 is 11.3 Å². The van der Waals surface area contributed by atoms with E-state index in [4.69, 9.17) is 4.28 Å². The van der Waals surface area contributed by atoms with Crippen molar-refractivity contribution in [2.75, 3.05) is 0 Å². The highest BCUT2D eigenvalue weighted by molar-refractivity contribution is 7.79. The minimum atomic E-state index is -1.60. The highest BCUT2D eigenvalue weighted by Gasteiger charge is 2.20. The van der Waals surface area contributed by atoms with E-state index in [1.165, 1.54) is 10.8 Å². The summed E-state index contributed by atoms with van der Waals surface area (Å²) in [5, 5.41) is 2.39. The molecule has 18 heavy (non-hydrogen) atoms. The fourth-order valence-electron chi connectivity index (χ4n) is 2.00. The first kappa shape index (κ1) is 11.4. The fourth-order valence-corrected chi connectivity index (χ4v) is 2.55. The molecule has 2 aromatic rings. The van der Waals surface area contributed by atoms with Crippen LogP contribution < -0.4 is 5.48 Å². The van der Waals surface area contributed by atoms with E-state index in [0.717, 1.165) is 5.56 Å². The largest absolute Gasteiger partial charge is 0.309 e. The summed E-state index contributed by atoms with van der Waals surface area (Å²) in [7, 11) is 0.